The predicted octanol–water partition coefficient (Wildman–Crippen LogP) is 0.0844. The van der Waals surface area contributed by atoms with Gasteiger partial charge in [-0.15, -0.1) is 5.10 Å². The molecule has 1 fully saturated rings. The smallest absolute Gasteiger partial charge is 0.0843 e. The summed E-state index contributed by atoms with van der Waals surface area (Å²) < 4.78 is 1.73. The van der Waals surface area contributed by atoms with Gasteiger partial charge in [0.15, 0.2) is 0 Å². The molecule has 5 heteroatoms. The van der Waals surface area contributed by atoms with Crippen LogP contribution in [0.1, 0.15) is 31.4 Å². The lowest BCUT2D eigenvalue weighted by Gasteiger charge is -2.21. The van der Waals surface area contributed by atoms with E-state index in [1.807, 2.05) is 6.20 Å². The largest absolute Gasteiger partial charge is 0.388 e. The van der Waals surface area contributed by atoms with Crippen LogP contribution >= 0.6 is 0 Å². The zero-order valence-corrected chi connectivity index (χ0v) is 8.89. The summed E-state index contributed by atoms with van der Waals surface area (Å²) in [5.41, 5.74) is 5.77. The van der Waals surface area contributed by atoms with Gasteiger partial charge < -0.3 is 10.8 Å². The Balaban J connectivity index is 1.97. The third-order valence-corrected chi connectivity index (χ3v) is 2.98. The lowest BCUT2D eigenvalue weighted by molar-refractivity contribution is 0.0260. The summed E-state index contributed by atoms with van der Waals surface area (Å²) in [5, 5.41) is 18.2. The van der Waals surface area contributed by atoms with E-state index in [0.717, 1.165) is 37.8 Å². The van der Waals surface area contributed by atoms with Crippen LogP contribution in [0.15, 0.2) is 6.20 Å². The Kier molecular flexibility index (Phi) is 3.02. The molecule has 0 atom stereocenters. The SMILES string of the molecule is NCCc1cn(CC2(O)CCCC2)nn1. The van der Waals surface area contributed by atoms with Crippen LogP contribution in [0.2, 0.25) is 0 Å². The molecule has 15 heavy (non-hydrogen) atoms. The minimum Gasteiger partial charge on any atom is -0.388 e. The van der Waals surface area contributed by atoms with E-state index in [1.165, 1.54) is 0 Å². The van der Waals surface area contributed by atoms with Crippen LogP contribution < -0.4 is 5.73 Å². The van der Waals surface area contributed by atoms with Crippen LogP contribution in [0.5, 0.6) is 0 Å². The van der Waals surface area contributed by atoms with Gasteiger partial charge in [0.1, 0.15) is 0 Å². The average Bonchev–Trinajstić information content (AvgIpc) is 2.77. The van der Waals surface area contributed by atoms with Crippen molar-refractivity contribution in [3.63, 3.8) is 0 Å². The van der Waals surface area contributed by atoms with E-state index in [0.29, 0.717) is 13.1 Å². The molecule has 5 nitrogen and oxygen atoms in total. The van der Waals surface area contributed by atoms with Crippen molar-refractivity contribution < 1.29 is 5.11 Å². The molecule has 0 saturated heterocycles. The number of nitrogens with zero attached hydrogens (tertiary/aromatic N) is 3. The Morgan fingerprint density at radius 2 is 2.20 bits per heavy atom. The molecule has 3 N–H and O–H groups in total. The fraction of sp³-hybridized carbons (Fsp3) is 0.800. The summed E-state index contributed by atoms with van der Waals surface area (Å²) in [6, 6.07) is 0. The number of rotatable bonds is 4. The summed E-state index contributed by atoms with van der Waals surface area (Å²) in [6.45, 7) is 1.15. The first-order valence-corrected chi connectivity index (χ1v) is 5.53. The molecule has 1 aromatic rings. The second-order valence-electron chi connectivity index (χ2n) is 4.38. The second-order valence-corrected chi connectivity index (χ2v) is 4.38. The van der Waals surface area contributed by atoms with Gasteiger partial charge >= 0.3 is 0 Å². The molecule has 0 amide bonds. The quantitative estimate of drug-likeness (QED) is 0.738. The molecule has 1 aliphatic rings. The summed E-state index contributed by atoms with van der Waals surface area (Å²) >= 11 is 0. The van der Waals surface area contributed by atoms with E-state index in [-0.39, 0.29) is 0 Å². The Labute approximate surface area is 89.3 Å². The monoisotopic (exact) mass is 210 g/mol. The fourth-order valence-corrected chi connectivity index (χ4v) is 2.17. The number of nitrogens with two attached hydrogens (primary N) is 1. The molecule has 0 aliphatic heterocycles. The Bertz CT molecular complexity index is 317. The normalized spacial score (nSPS) is 19.6. The number of aromatic nitrogens is 3. The summed E-state index contributed by atoms with van der Waals surface area (Å²) in [6.07, 6.45) is 6.60. The molecular formula is C10H18N4O. The van der Waals surface area contributed by atoms with Crippen LogP contribution in [0, 0.1) is 0 Å². The number of hydrogen-bond donors (Lipinski definition) is 2. The van der Waals surface area contributed by atoms with Crippen molar-refractivity contribution in [2.24, 2.45) is 5.73 Å². The molecule has 1 heterocycles. The van der Waals surface area contributed by atoms with Crippen LogP contribution in [0.4, 0.5) is 0 Å². The summed E-state index contributed by atoms with van der Waals surface area (Å²) in [5.74, 6) is 0. The highest BCUT2D eigenvalue weighted by Gasteiger charge is 2.31. The van der Waals surface area contributed by atoms with Crippen LogP contribution in [-0.2, 0) is 13.0 Å². The lowest BCUT2D eigenvalue weighted by Crippen LogP contribution is -2.30. The van der Waals surface area contributed by atoms with Crippen molar-refractivity contribution in [1.29, 1.82) is 0 Å². The summed E-state index contributed by atoms with van der Waals surface area (Å²) in [4.78, 5) is 0. The summed E-state index contributed by atoms with van der Waals surface area (Å²) in [7, 11) is 0. The maximum atomic E-state index is 10.2. The standard InChI is InChI=1S/C10H18N4O/c11-6-3-9-7-14(13-12-9)8-10(15)4-1-2-5-10/h7,15H,1-6,8,11H2. The topological polar surface area (TPSA) is 77.0 Å². The van der Waals surface area contributed by atoms with E-state index in [1.54, 1.807) is 4.68 Å². The van der Waals surface area contributed by atoms with Gasteiger partial charge in [-0.1, -0.05) is 18.1 Å². The number of aliphatic hydroxyl groups is 1. The van der Waals surface area contributed by atoms with E-state index in [4.69, 9.17) is 5.73 Å². The fourth-order valence-electron chi connectivity index (χ4n) is 2.17. The number of hydrogen-bond acceptors (Lipinski definition) is 4. The maximum Gasteiger partial charge on any atom is 0.0843 e. The van der Waals surface area contributed by atoms with Crippen molar-refractivity contribution in [2.75, 3.05) is 6.54 Å². The van der Waals surface area contributed by atoms with Crippen LogP contribution in [-0.4, -0.2) is 32.2 Å². The molecule has 1 aliphatic carbocycles. The van der Waals surface area contributed by atoms with E-state index in [2.05, 4.69) is 10.3 Å². The molecule has 84 valence electrons. The van der Waals surface area contributed by atoms with Gasteiger partial charge in [-0.05, 0) is 19.4 Å². The third-order valence-electron chi connectivity index (χ3n) is 2.98. The molecule has 0 radical (unpaired) electrons. The Morgan fingerprint density at radius 1 is 1.47 bits per heavy atom. The third kappa shape index (κ3) is 2.54. The van der Waals surface area contributed by atoms with Gasteiger partial charge in [0.2, 0.25) is 0 Å². The zero-order chi connectivity index (χ0) is 10.7. The lowest BCUT2D eigenvalue weighted by atomic mass is 10.0. The molecule has 0 spiro atoms. The van der Waals surface area contributed by atoms with Crippen molar-refractivity contribution in [1.82, 2.24) is 15.0 Å². The predicted molar refractivity (Wildman–Crippen MR) is 56.2 cm³/mol. The van der Waals surface area contributed by atoms with Gasteiger partial charge in [-0.2, -0.15) is 0 Å². The molecule has 1 saturated carbocycles. The first-order valence-electron chi connectivity index (χ1n) is 5.53. The second kappa shape index (κ2) is 4.28. The first-order chi connectivity index (χ1) is 7.22. The zero-order valence-electron chi connectivity index (χ0n) is 8.89. The molecule has 0 aromatic carbocycles. The van der Waals surface area contributed by atoms with E-state index in [9.17, 15) is 5.11 Å². The highest BCUT2D eigenvalue weighted by Crippen LogP contribution is 2.30. The minimum absolute atomic E-state index is 0.560. The van der Waals surface area contributed by atoms with Gasteiger partial charge in [-0.3, -0.25) is 0 Å². The Morgan fingerprint density at radius 3 is 2.87 bits per heavy atom. The van der Waals surface area contributed by atoms with Crippen molar-refractivity contribution >= 4 is 0 Å². The van der Waals surface area contributed by atoms with Crippen molar-refractivity contribution in [2.45, 2.75) is 44.2 Å². The molecule has 1 aromatic heterocycles. The molecular weight excluding hydrogens is 192 g/mol. The van der Waals surface area contributed by atoms with Gasteiger partial charge in [-0.25, -0.2) is 4.68 Å². The van der Waals surface area contributed by atoms with Crippen LogP contribution in [0.25, 0.3) is 0 Å². The average molecular weight is 210 g/mol. The van der Waals surface area contributed by atoms with Gasteiger partial charge in [0.05, 0.1) is 17.8 Å². The highest BCUT2D eigenvalue weighted by molar-refractivity contribution is 4.94. The molecule has 0 unspecified atom stereocenters. The van der Waals surface area contributed by atoms with Gasteiger partial charge in [0, 0.05) is 12.6 Å². The molecule has 2 rings (SSSR count). The van der Waals surface area contributed by atoms with Gasteiger partial charge in [0.25, 0.3) is 0 Å². The van der Waals surface area contributed by atoms with E-state index < -0.39 is 5.60 Å². The van der Waals surface area contributed by atoms with Crippen molar-refractivity contribution in [3.05, 3.63) is 11.9 Å². The molecule has 0 bridgehead atoms. The van der Waals surface area contributed by atoms with Crippen LogP contribution in [0.3, 0.4) is 0 Å². The van der Waals surface area contributed by atoms with Crippen molar-refractivity contribution in [3.8, 4) is 0 Å². The van der Waals surface area contributed by atoms with E-state index >= 15 is 0 Å². The maximum absolute atomic E-state index is 10.2. The Hall–Kier alpha value is -0.940. The minimum atomic E-state index is -0.562. The first kappa shape index (κ1) is 10.6. The highest BCUT2D eigenvalue weighted by atomic mass is 16.3.